The minimum Gasteiger partial charge on any atom is -0.350 e. The Bertz CT molecular complexity index is 739. The minimum absolute atomic E-state index is 0. The van der Waals surface area contributed by atoms with Gasteiger partial charge < -0.3 is 15.1 Å². The van der Waals surface area contributed by atoms with E-state index in [-0.39, 0.29) is 24.0 Å². The lowest BCUT2D eigenvalue weighted by atomic mass is 10.1. The average molecular weight is 501 g/mol. The number of guanidine groups is 1. The summed E-state index contributed by atoms with van der Waals surface area (Å²) in [5.41, 5.74) is 1.21. The average Bonchev–Trinajstić information content (AvgIpc) is 3.04. The van der Waals surface area contributed by atoms with E-state index in [4.69, 9.17) is 4.98 Å². The predicted octanol–water partition coefficient (Wildman–Crippen LogP) is 2.88. The molecule has 2 aromatic rings. The molecule has 0 spiro atoms. The molecule has 3 heterocycles. The van der Waals surface area contributed by atoms with E-state index in [1.54, 1.807) is 23.7 Å². The highest BCUT2D eigenvalue weighted by atomic mass is 127. The summed E-state index contributed by atoms with van der Waals surface area (Å²) >= 11 is 1.77. The van der Waals surface area contributed by atoms with E-state index in [9.17, 15) is 0 Å². The van der Waals surface area contributed by atoms with Gasteiger partial charge in [-0.1, -0.05) is 13.8 Å². The number of nitrogens with one attached hydrogen (secondary N) is 1. The van der Waals surface area contributed by atoms with Gasteiger partial charge in [-0.25, -0.2) is 15.0 Å². The number of hydrogen-bond donors (Lipinski definition) is 1. The summed E-state index contributed by atoms with van der Waals surface area (Å²) in [5.74, 6) is 2.19. The van der Waals surface area contributed by atoms with Crippen molar-refractivity contribution in [1.29, 1.82) is 0 Å². The molecule has 0 amide bonds. The molecule has 148 valence electrons. The number of anilines is 1. The number of aromatic nitrogens is 3. The second-order valence-corrected chi connectivity index (χ2v) is 7.92. The van der Waals surface area contributed by atoms with Gasteiger partial charge >= 0.3 is 0 Å². The van der Waals surface area contributed by atoms with Gasteiger partial charge in [0.25, 0.3) is 0 Å². The molecule has 9 heteroatoms. The van der Waals surface area contributed by atoms with Crippen molar-refractivity contribution in [2.45, 2.75) is 33.2 Å². The number of rotatable bonds is 4. The summed E-state index contributed by atoms with van der Waals surface area (Å²) in [6.07, 6.45) is 3.58. The van der Waals surface area contributed by atoms with Crippen molar-refractivity contribution in [3.63, 3.8) is 0 Å². The van der Waals surface area contributed by atoms with Crippen LogP contribution in [0.5, 0.6) is 0 Å². The molecule has 0 saturated carbocycles. The Morgan fingerprint density at radius 1 is 1.22 bits per heavy atom. The summed E-state index contributed by atoms with van der Waals surface area (Å²) in [7, 11) is 1.83. The maximum absolute atomic E-state index is 4.77. The van der Waals surface area contributed by atoms with Gasteiger partial charge in [-0.2, -0.15) is 0 Å². The van der Waals surface area contributed by atoms with Crippen LogP contribution in [0.25, 0.3) is 0 Å². The van der Waals surface area contributed by atoms with E-state index >= 15 is 0 Å². The minimum atomic E-state index is 0. The molecule has 1 aliphatic rings. The molecule has 0 aliphatic carbocycles. The zero-order valence-corrected chi connectivity index (χ0v) is 19.5. The fourth-order valence-corrected chi connectivity index (χ4v) is 4.16. The van der Waals surface area contributed by atoms with Gasteiger partial charge in [-0.15, -0.1) is 35.3 Å². The van der Waals surface area contributed by atoms with Gasteiger partial charge in [0, 0.05) is 50.5 Å². The first kappa shape index (κ1) is 21.8. The quantitative estimate of drug-likeness (QED) is 0.395. The number of aliphatic imine (C=N–C) groups is 1. The first-order valence-corrected chi connectivity index (χ1v) is 9.84. The van der Waals surface area contributed by atoms with Crippen molar-refractivity contribution >= 4 is 47.2 Å². The van der Waals surface area contributed by atoms with E-state index in [2.05, 4.69) is 50.8 Å². The number of hydrogen-bond acceptors (Lipinski definition) is 6. The van der Waals surface area contributed by atoms with Crippen LogP contribution in [0.4, 0.5) is 5.95 Å². The standard InChI is InChI=1S/C18H27N7S.HI/c1-13(2)16-14(3)26-15(23-16)12-22-17(19-4)24-8-10-25(11-9-24)18-20-6-5-7-21-18;/h5-7,13H,8-12H2,1-4H3,(H,19,22);1H. The smallest absolute Gasteiger partial charge is 0.225 e. The largest absolute Gasteiger partial charge is 0.350 e. The molecule has 1 N–H and O–H groups in total. The van der Waals surface area contributed by atoms with Crippen molar-refractivity contribution in [1.82, 2.24) is 25.2 Å². The molecule has 0 aromatic carbocycles. The first-order valence-electron chi connectivity index (χ1n) is 9.02. The van der Waals surface area contributed by atoms with Crippen LogP contribution >= 0.6 is 35.3 Å². The lowest BCUT2D eigenvalue weighted by molar-refractivity contribution is 0.370. The third-order valence-electron chi connectivity index (χ3n) is 4.45. The van der Waals surface area contributed by atoms with E-state index in [1.165, 1.54) is 10.6 Å². The Hall–Kier alpha value is -1.49. The van der Waals surface area contributed by atoms with Crippen LogP contribution in [0.15, 0.2) is 23.5 Å². The van der Waals surface area contributed by atoms with Crippen molar-refractivity contribution in [3.8, 4) is 0 Å². The summed E-state index contributed by atoms with van der Waals surface area (Å²) < 4.78 is 0. The Morgan fingerprint density at radius 2 is 1.89 bits per heavy atom. The molecular formula is C18H28IN7S. The van der Waals surface area contributed by atoms with Crippen molar-refractivity contribution in [2.75, 3.05) is 38.1 Å². The fraction of sp³-hybridized carbons (Fsp3) is 0.556. The van der Waals surface area contributed by atoms with Crippen LogP contribution in [0, 0.1) is 6.92 Å². The van der Waals surface area contributed by atoms with Gasteiger partial charge in [0.15, 0.2) is 5.96 Å². The lowest BCUT2D eigenvalue weighted by Gasteiger charge is -2.36. The molecule has 1 aliphatic heterocycles. The summed E-state index contributed by atoms with van der Waals surface area (Å²) in [5, 5.41) is 4.58. The zero-order chi connectivity index (χ0) is 18.5. The van der Waals surface area contributed by atoms with Crippen LogP contribution in [-0.2, 0) is 6.54 Å². The fourth-order valence-electron chi connectivity index (χ4n) is 3.14. The van der Waals surface area contributed by atoms with Crippen LogP contribution in [0.2, 0.25) is 0 Å². The Morgan fingerprint density at radius 3 is 2.44 bits per heavy atom. The Kier molecular flexibility index (Phi) is 8.21. The highest BCUT2D eigenvalue weighted by molar-refractivity contribution is 14.0. The number of halogens is 1. The molecule has 0 bridgehead atoms. The molecule has 7 nitrogen and oxygen atoms in total. The molecule has 0 atom stereocenters. The van der Waals surface area contributed by atoms with Crippen LogP contribution in [-0.4, -0.2) is 59.0 Å². The molecule has 0 unspecified atom stereocenters. The van der Waals surface area contributed by atoms with E-state index in [0.29, 0.717) is 12.5 Å². The van der Waals surface area contributed by atoms with Gasteiger partial charge in [0.2, 0.25) is 5.95 Å². The van der Waals surface area contributed by atoms with E-state index < -0.39 is 0 Å². The SMILES string of the molecule is CN=C(NCc1nc(C(C)C)c(C)s1)N1CCN(c2ncccn2)CC1.I. The molecular weight excluding hydrogens is 473 g/mol. The number of aryl methyl sites for hydroxylation is 1. The lowest BCUT2D eigenvalue weighted by Crippen LogP contribution is -2.52. The van der Waals surface area contributed by atoms with Crippen molar-refractivity contribution < 1.29 is 0 Å². The van der Waals surface area contributed by atoms with Gasteiger partial charge in [-0.3, -0.25) is 4.99 Å². The summed E-state index contributed by atoms with van der Waals surface area (Å²) in [6.45, 7) is 10.8. The highest BCUT2D eigenvalue weighted by Crippen LogP contribution is 2.24. The molecule has 2 aromatic heterocycles. The Balaban J connectivity index is 0.00000261. The predicted molar refractivity (Wildman–Crippen MR) is 122 cm³/mol. The molecule has 1 saturated heterocycles. The number of piperazine rings is 1. The molecule has 3 rings (SSSR count). The second kappa shape index (κ2) is 10.2. The second-order valence-electron chi connectivity index (χ2n) is 6.63. The normalized spacial score (nSPS) is 15.1. The van der Waals surface area contributed by atoms with Gasteiger partial charge in [0.05, 0.1) is 12.2 Å². The molecule has 1 fully saturated rings. The van der Waals surface area contributed by atoms with Gasteiger partial charge in [-0.05, 0) is 18.9 Å². The van der Waals surface area contributed by atoms with E-state index in [1.807, 2.05) is 13.1 Å². The third kappa shape index (κ3) is 5.50. The molecule has 27 heavy (non-hydrogen) atoms. The molecule has 0 radical (unpaired) electrons. The Labute approximate surface area is 182 Å². The monoisotopic (exact) mass is 501 g/mol. The topological polar surface area (TPSA) is 69.5 Å². The van der Waals surface area contributed by atoms with Crippen LogP contribution < -0.4 is 10.2 Å². The van der Waals surface area contributed by atoms with Crippen LogP contribution in [0.3, 0.4) is 0 Å². The first-order chi connectivity index (χ1) is 12.6. The maximum atomic E-state index is 4.77. The summed E-state index contributed by atoms with van der Waals surface area (Å²) in [4.78, 5) is 23.7. The number of nitrogens with zero attached hydrogens (tertiary/aromatic N) is 6. The van der Waals surface area contributed by atoms with Crippen molar-refractivity contribution in [2.24, 2.45) is 4.99 Å². The van der Waals surface area contributed by atoms with Crippen LogP contribution in [0.1, 0.15) is 35.3 Å². The maximum Gasteiger partial charge on any atom is 0.225 e. The van der Waals surface area contributed by atoms with Crippen molar-refractivity contribution in [3.05, 3.63) is 34.0 Å². The number of thiazole rings is 1. The summed E-state index contributed by atoms with van der Waals surface area (Å²) in [6, 6.07) is 1.84. The zero-order valence-electron chi connectivity index (χ0n) is 16.3. The third-order valence-corrected chi connectivity index (χ3v) is 5.43. The van der Waals surface area contributed by atoms with Gasteiger partial charge in [0.1, 0.15) is 5.01 Å². The highest BCUT2D eigenvalue weighted by Gasteiger charge is 2.21. The van der Waals surface area contributed by atoms with E-state index in [0.717, 1.165) is 43.1 Å².